The van der Waals surface area contributed by atoms with E-state index < -0.39 is 18.2 Å². The molecule has 0 fully saturated rings. The Morgan fingerprint density at radius 1 is 0.585 bits per heavy atom. The molecule has 1 amide bonds. The van der Waals surface area contributed by atoms with Gasteiger partial charge in [-0.2, -0.15) is 0 Å². The first-order valence-corrected chi connectivity index (χ1v) is 21.7. The largest absolute Gasteiger partial charge is 0.458 e. The molecule has 0 aromatic heterocycles. The minimum absolute atomic E-state index is 0.0521. The Balaban J connectivity index is 4.83. The zero-order valence-corrected chi connectivity index (χ0v) is 34.4. The van der Waals surface area contributed by atoms with Crippen molar-refractivity contribution in [3.63, 3.8) is 0 Å². The van der Waals surface area contributed by atoms with Crippen molar-refractivity contribution in [3.05, 3.63) is 72.9 Å². The van der Waals surface area contributed by atoms with Crippen LogP contribution in [0.2, 0.25) is 0 Å². The number of carbonyl (C=O) groups excluding carboxylic acids is 2. The lowest BCUT2D eigenvalue weighted by Crippen LogP contribution is -2.46. The van der Waals surface area contributed by atoms with Gasteiger partial charge >= 0.3 is 5.97 Å². The summed E-state index contributed by atoms with van der Waals surface area (Å²) in [5.41, 5.74) is 0. The maximum absolute atomic E-state index is 13.0. The molecule has 0 aliphatic heterocycles. The molecule has 304 valence electrons. The van der Waals surface area contributed by atoms with Crippen molar-refractivity contribution in [1.82, 2.24) is 5.32 Å². The fourth-order valence-electron chi connectivity index (χ4n) is 5.98. The maximum atomic E-state index is 13.0. The van der Waals surface area contributed by atoms with Crippen LogP contribution in [0.15, 0.2) is 72.9 Å². The van der Waals surface area contributed by atoms with E-state index in [1.165, 1.54) is 57.8 Å². The lowest BCUT2D eigenvalue weighted by molar-refractivity contribution is -0.148. The number of hydrogen-bond acceptors (Lipinski definition) is 5. The van der Waals surface area contributed by atoms with Crippen LogP contribution in [0.3, 0.4) is 0 Å². The van der Waals surface area contributed by atoms with E-state index in [1.807, 2.05) is 6.08 Å². The number of unbranched alkanes of at least 4 members (excludes halogenated alkanes) is 15. The number of amides is 1. The van der Waals surface area contributed by atoms with E-state index in [0.29, 0.717) is 19.3 Å². The molecule has 6 nitrogen and oxygen atoms in total. The van der Waals surface area contributed by atoms with Gasteiger partial charge in [0.15, 0.2) is 0 Å². The Kier molecular flexibility index (Phi) is 38.4. The van der Waals surface area contributed by atoms with Crippen LogP contribution in [0, 0.1) is 0 Å². The van der Waals surface area contributed by atoms with Crippen molar-refractivity contribution in [2.24, 2.45) is 0 Å². The standard InChI is InChI=1S/C47H81NO5/c1-4-7-10-13-16-19-22-23-24-25-26-29-32-35-38-43(53-47(52)40-37-34-31-28-21-18-15-12-9-6-3)41-46(51)48-44(42-49)45(50)39-36-33-30-27-20-17-14-11-8-5-2/h7,10,12,15-16,19,23-24,26,29,35,38,43-45,49-50H,4-6,8-9,11,13-14,17-18,20-22,25,27-28,30-34,36-37,39-42H2,1-3H3,(H,48,51)/b10-7+,15-12-,19-16+,24-23+,29-26+,38-35+. The van der Waals surface area contributed by atoms with Gasteiger partial charge in [-0.1, -0.05) is 177 Å². The quantitative estimate of drug-likeness (QED) is 0.0335. The summed E-state index contributed by atoms with van der Waals surface area (Å²) in [6.07, 6.45) is 49.9. The zero-order chi connectivity index (χ0) is 38.9. The predicted molar refractivity (Wildman–Crippen MR) is 227 cm³/mol. The first kappa shape index (κ1) is 50.3. The van der Waals surface area contributed by atoms with Crippen LogP contribution in [0.1, 0.15) is 188 Å². The molecule has 0 aromatic rings. The van der Waals surface area contributed by atoms with Crippen molar-refractivity contribution in [1.29, 1.82) is 0 Å². The van der Waals surface area contributed by atoms with Gasteiger partial charge in [0.2, 0.25) is 5.91 Å². The molecule has 0 aromatic carbocycles. The lowest BCUT2D eigenvalue weighted by Gasteiger charge is -2.23. The molecule has 0 aliphatic carbocycles. The highest BCUT2D eigenvalue weighted by atomic mass is 16.5. The monoisotopic (exact) mass is 740 g/mol. The third-order valence-corrected chi connectivity index (χ3v) is 9.25. The summed E-state index contributed by atoms with van der Waals surface area (Å²) in [5, 5.41) is 23.5. The number of aliphatic hydroxyl groups is 2. The van der Waals surface area contributed by atoms with Crippen LogP contribution >= 0.6 is 0 Å². The fraction of sp³-hybridized carbons (Fsp3) is 0.702. The highest BCUT2D eigenvalue weighted by Crippen LogP contribution is 2.14. The number of esters is 1. The molecule has 0 saturated heterocycles. The number of nitrogens with one attached hydrogen (secondary N) is 1. The molecule has 0 radical (unpaired) electrons. The second kappa shape index (κ2) is 40.5. The summed E-state index contributed by atoms with van der Waals surface area (Å²) >= 11 is 0. The highest BCUT2D eigenvalue weighted by Gasteiger charge is 2.23. The van der Waals surface area contributed by atoms with E-state index in [1.54, 1.807) is 6.08 Å². The SMILES string of the molecule is CC/C=C/C/C=C/C/C=C/C/C=C/C/C=C/C(CC(=O)NC(CO)C(O)CCCCCCCCCCCC)OC(=O)CCCCCCC/C=C\CCC. The molecule has 0 spiro atoms. The van der Waals surface area contributed by atoms with Crippen molar-refractivity contribution < 1.29 is 24.5 Å². The van der Waals surface area contributed by atoms with Gasteiger partial charge in [0.05, 0.1) is 25.2 Å². The van der Waals surface area contributed by atoms with Crippen LogP contribution in [0.4, 0.5) is 0 Å². The molecule has 53 heavy (non-hydrogen) atoms. The van der Waals surface area contributed by atoms with Gasteiger partial charge in [0, 0.05) is 6.42 Å². The molecule has 3 unspecified atom stereocenters. The van der Waals surface area contributed by atoms with E-state index in [4.69, 9.17) is 4.74 Å². The normalized spacial score (nSPS) is 14.1. The number of carbonyl (C=O) groups is 2. The maximum Gasteiger partial charge on any atom is 0.306 e. The van der Waals surface area contributed by atoms with Gasteiger partial charge in [-0.05, 0) is 70.3 Å². The molecule has 0 rings (SSSR count). The van der Waals surface area contributed by atoms with Gasteiger partial charge in [0.1, 0.15) is 6.10 Å². The first-order valence-electron chi connectivity index (χ1n) is 21.7. The summed E-state index contributed by atoms with van der Waals surface area (Å²) in [4.78, 5) is 25.8. The van der Waals surface area contributed by atoms with Crippen LogP contribution < -0.4 is 5.32 Å². The lowest BCUT2D eigenvalue weighted by atomic mass is 10.0. The average molecular weight is 740 g/mol. The fourth-order valence-corrected chi connectivity index (χ4v) is 5.98. The Hall–Kier alpha value is -2.70. The van der Waals surface area contributed by atoms with Crippen LogP contribution in [0.5, 0.6) is 0 Å². The van der Waals surface area contributed by atoms with Gasteiger partial charge < -0.3 is 20.3 Å². The van der Waals surface area contributed by atoms with E-state index >= 15 is 0 Å². The van der Waals surface area contributed by atoms with Crippen molar-refractivity contribution in [2.45, 2.75) is 206 Å². The van der Waals surface area contributed by atoms with Gasteiger partial charge in [-0.15, -0.1) is 0 Å². The second-order valence-corrected chi connectivity index (χ2v) is 14.4. The zero-order valence-electron chi connectivity index (χ0n) is 34.4. The summed E-state index contributed by atoms with van der Waals surface area (Å²) in [5.74, 6) is -0.650. The number of hydrogen-bond donors (Lipinski definition) is 3. The van der Waals surface area contributed by atoms with E-state index in [2.05, 4.69) is 86.8 Å². The number of rotatable bonds is 37. The van der Waals surface area contributed by atoms with E-state index in [0.717, 1.165) is 83.5 Å². The van der Waals surface area contributed by atoms with Crippen LogP contribution in [-0.2, 0) is 14.3 Å². The average Bonchev–Trinajstić information content (AvgIpc) is 3.15. The topological polar surface area (TPSA) is 95.9 Å². The second-order valence-electron chi connectivity index (χ2n) is 14.4. The minimum atomic E-state index is -0.819. The minimum Gasteiger partial charge on any atom is -0.458 e. The smallest absolute Gasteiger partial charge is 0.306 e. The predicted octanol–water partition coefficient (Wildman–Crippen LogP) is 12.3. The first-order chi connectivity index (χ1) is 26.0. The number of allylic oxidation sites excluding steroid dienone is 11. The van der Waals surface area contributed by atoms with E-state index in [9.17, 15) is 19.8 Å². The van der Waals surface area contributed by atoms with Crippen LogP contribution in [0.25, 0.3) is 0 Å². The Morgan fingerprint density at radius 2 is 1.09 bits per heavy atom. The molecule has 0 bridgehead atoms. The third-order valence-electron chi connectivity index (χ3n) is 9.25. The number of ether oxygens (including phenoxy) is 1. The Labute approximate surface area is 326 Å². The molecule has 3 N–H and O–H groups in total. The highest BCUT2D eigenvalue weighted by molar-refractivity contribution is 5.78. The molecule has 0 heterocycles. The summed E-state index contributed by atoms with van der Waals surface area (Å²) < 4.78 is 5.77. The Morgan fingerprint density at radius 3 is 1.66 bits per heavy atom. The molecule has 3 atom stereocenters. The van der Waals surface area contributed by atoms with Crippen molar-refractivity contribution in [2.75, 3.05) is 6.61 Å². The van der Waals surface area contributed by atoms with Crippen molar-refractivity contribution in [3.8, 4) is 0 Å². The molecule has 6 heteroatoms. The molecule has 0 saturated carbocycles. The molecular weight excluding hydrogens is 659 g/mol. The number of aliphatic hydroxyl groups excluding tert-OH is 2. The van der Waals surface area contributed by atoms with Crippen molar-refractivity contribution >= 4 is 11.9 Å². The molecule has 0 aliphatic rings. The summed E-state index contributed by atoms with van der Waals surface area (Å²) in [7, 11) is 0. The van der Waals surface area contributed by atoms with Crippen LogP contribution in [-0.4, -0.2) is 46.9 Å². The summed E-state index contributed by atoms with van der Waals surface area (Å²) in [6, 6.07) is -0.743. The third kappa shape index (κ3) is 36.1. The van der Waals surface area contributed by atoms with Gasteiger partial charge in [0.25, 0.3) is 0 Å². The Bertz CT molecular complexity index is 1010. The van der Waals surface area contributed by atoms with E-state index in [-0.39, 0.29) is 24.9 Å². The summed E-state index contributed by atoms with van der Waals surface area (Å²) in [6.45, 7) is 6.22. The molecular formula is C47H81NO5. The van der Waals surface area contributed by atoms with Gasteiger partial charge in [-0.25, -0.2) is 0 Å². The van der Waals surface area contributed by atoms with Gasteiger partial charge in [-0.3, -0.25) is 9.59 Å².